The first kappa shape index (κ1) is 17.0. The number of nitrogens with one attached hydrogen (secondary N) is 1. The summed E-state index contributed by atoms with van der Waals surface area (Å²) in [5.41, 5.74) is 7.60. The fourth-order valence-electron chi connectivity index (χ4n) is 1.82. The first-order valence-electron chi connectivity index (χ1n) is 6.66. The number of ether oxygens (including phenoxy) is 1. The SMILES string of the molecule is Cc1ccc(Br)c(C(CN)CNC(=O)OC(C)(C)C)c1. The lowest BCUT2D eigenvalue weighted by molar-refractivity contribution is 0.0525. The Labute approximate surface area is 129 Å². The zero-order chi connectivity index (χ0) is 15.3. The summed E-state index contributed by atoms with van der Waals surface area (Å²) < 4.78 is 6.22. The highest BCUT2D eigenvalue weighted by Gasteiger charge is 2.18. The topological polar surface area (TPSA) is 64.3 Å². The molecule has 1 unspecified atom stereocenters. The van der Waals surface area contributed by atoms with Crippen LogP contribution in [0.5, 0.6) is 0 Å². The van der Waals surface area contributed by atoms with Crippen LogP contribution in [0, 0.1) is 6.92 Å². The van der Waals surface area contributed by atoms with Crippen LogP contribution in [0.1, 0.15) is 37.8 Å². The first-order chi connectivity index (χ1) is 9.23. The van der Waals surface area contributed by atoms with Crippen molar-refractivity contribution >= 4 is 22.0 Å². The van der Waals surface area contributed by atoms with Crippen LogP contribution in [0.3, 0.4) is 0 Å². The summed E-state index contributed by atoms with van der Waals surface area (Å²) in [7, 11) is 0. The number of hydrogen-bond acceptors (Lipinski definition) is 3. The molecule has 1 amide bonds. The van der Waals surface area contributed by atoms with E-state index in [1.165, 1.54) is 5.56 Å². The van der Waals surface area contributed by atoms with Gasteiger partial charge in [0, 0.05) is 23.5 Å². The van der Waals surface area contributed by atoms with Crippen molar-refractivity contribution in [2.75, 3.05) is 13.1 Å². The van der Waals surface area contributed by atoms with Crippen LogP contribution < -0.4 is 11.1 Å². The van der Waals surface area contributed by atoms with Gasteiger partial charge < -0.3 is 15.8 Å². The van der Waals surface area contributed by atoms with Gasteiger partial charge in [0.15, 0.2) is 0 Å². The van der Waals surface area contributed by atoms with E-state index in [1.807, 2.05) is 39.8 Å². The minimum Gasteiger partial charge on any atom is -0.444 e. The lowest BCUT2D eigenvalue weighted by Gasteiger charge is -2.22. The molecule has 0 saturated heterocycles. The molecule has 0 fully saturated rings. The number of alkyl carbamates (subject to hydrolysis) is 1. The highest BCUT2D eigenvalue weighted by Crippen LogP contribution is 2.25. The monoisotopic (exact) mass is 342 g/mol. The van der Waals surface area contributed by atoms with Gasteiger partial charge in [-0.25, -0.2) is 4.79 Å². The Balaban J connectivity index is 2.68. The Morgan fingerprint density at radius 3 is 2.65 bits per heavy atom. The summed E-state index contributed by atoms with van der Waals surface area (Å²) >= 11 is 3.53. The number of aryl methyl sites for hydroxylation is 1. The number of halogens is 1. The van der Waals surface area contributed by atoms with Crippen molar-refractivity contribution in [2.45, 2.75) is 39.2 Å². The highest BCUT2D eigenvalue weighted by atomic mass is 79.9. The van der Waals surface area contributed by atoms with Crippen LogP contribution in [0.25, 0.3) is 0 Å². The van der Waals surface area contributed by atoms with Crippen molar-refractivity contribution in [2.24, 2.45) is 5.73 Å². The number of amides is 1. The van der Waals surface area contributed by atoms with E-state index in [1.54, 1.807) is 0 Å². The Hall–Kier alpha value is -1.07. The maximum absolute atomic E-state index is 11.7. The number of nitrogens with two attached hydrogens (primary N) is 1. The lowest BCUT2D eigenvalue weighted by Crippen LogP contribution is -2.36. The molecule has 1 atom stereocenters. The van der Waals surface area contributed by atoms with Crippen molar-refractivity contribution < 1.29 is 9.53 Å². The van der Waals surface area contributed by atoms with Gasteiger partial charge in [0.1, 0.15) is 5.60 Å². The van der Waals surface area contributed by atoms with Gasteiger partial charge in [-0.2, -0.15) is 0 Å². The van der Waals surface area contributed by atoms with Crippen LogP contribution in [-0.4, -0.2) is 24.8 Å². The normalized spacial score (nSPS) is 12.9. The molecular formula is C15H23BrN2O2. The van der Waals surface area contributed by atoms with E-state index >= 15 is 0 Å². The predicted molar refractivity (Wildman–Crippen MR) is 84.9 cm³/mol. The van der Waals surface area contributed by atoms with E-state index in [2.05, 4.69) is 27.3 Å². The van der Waals surface area contributed by atoms with E-state index < -0.39 is 11.7 Å². The zero-order valence-electron chi connectivity index (χ0n) is 12.5. The van der Waals surface area contributed by atoms with Gasteiger partial charge in [0.05, 0.1) is 0 Å². The molecule has 20 heavy (non-hydrogen) atoms. The maximum atomic E-state index is 11.7. The van der Waals surface area contributed by atoms with E-state index in [9.17, 15) is 4.79 Å². The number of carbonyl (C=O) groups is 1. The second-order valence-electron chi connectivity index (χ2n) is 5.84. The summed E-state index contributed by atoms with van der Waals surface area (Å²) in [6.45, 7) is 8.45. The molecule has 0 spiro atoms. The predicted octanol–water partition coefficient (Wildman–Crippen LogP) is 3.32. The van der Waals surface area contributed by atoms with E-state index in [4.69, 9.17) is 10.5 Å². The molecule has 0 aliphatic rings. The molecule has 1 aromatic carbocycles. The third-order valence-corrected chi connectivity index (χ3v) is 3.49. The largest absolute Gasteiger partial charge is 0.444 e. The molecule has 0 aromatic heterocycles. The third kappa shape index (κ3) is 5.51. The Bertz CT molecular complexity index is 469. The Kier molecular flexibility index (Phi) is 6.02. The van der Waals surface area contributed by atoms with Crippen LogP contribution in [-0.2, 0) is 4.74 Å². The molecule has 0 bridgehead atoms. The fourth-order valence-corrected chi connectivity index (χ4v) is 2.39. The van der Waals surface area contributed by atoms with Gasteiger partial charge in [0.25, 0.3) is 0 Å². The van der Waals surface area contributed by atoms with Crippen LogP contribution >= 0.6 is 15.9 Å². The fraction of sp³-hybridized carbons (Fsp3) is 0.533. The van der Waals surface area contributed by atoms with Gasteiger partial charge in [-0.3, -0.25) is 0 Å². The lowest BCUT2D eigenvalue weighted by atomic mass is 9.97. The van der Waals surface area contributed by atoms with Gasteiger partial charge >= 0.3 is 6.09 Å². The molecule has 3 N–H and O–H groups in total. The summed E-state index contributed by atoms with van der Waals surface area (Å²) in [6.07, 6.45) is -0.417. The van der Waals surface area contributed by atoms with E-state index in [-0.39, 0.29) is 5.92 Å². The molecule has 0 radical (unpaired) electrons. The van der Waals surface area contributed by atoms with Crippen molar-refractivity contribution in [1.29, 1.82) is 0 Å². The smallest absolute Gasteiger partial charge is 0.407 e. The average Bonchev–Trinajstić information content (AvgIpc) is 2.32. The number of carbonyl (C=O) groups excluding carboxylic acids is 1. The van der Waals surface area contributed by atoms with Crippen molar-refractivity contribution in [3.05, 3.63) is 33.8 Å². The number of rotatable bonds is 4. The van der Waals surface area contributed by atoms with Crippen molar-refractivity contribution in [1.82, 2.24) is 5.32 Å². The highest BCUT2D eigenvalue weighted by molar-refractivity contribution is 9.10. The van der Waals surface area contributed by atoms with Crippen molar-refractivity contribution in [3.63, 3.8) is 0 Å². The average molecular weight is 343 g/mol. The van der Waals surface area contributed by atoms with Crippen LogP contribution in [0.15, 0.2) is 22.7 Å². The molecular weight excluding hydrogens is 320 g/mol. The summed E-state index contributed by atoms with van der Waals surface area (Å²) in [5, 5.41) is 2.77. The van der Waals surface area contributed by atoms with Crippen LogP contribution in [0.4, 0.5) is 4.79 Å². The van der Waals surface area contributed by atoms with Gasteiger partial charge in [-0.1, -0.05) is 33.6 Å². The molecule has 5 heteroatoms. The summed E-state index contributed by atoms with van der Waals surface area (Å²) in [5.74, 6) is 0.0526. The van der Waals surface area contributed by atoms with E-state index in [0.29, 0.717) is 13.1 Å². The molecule has 4 nitrogen and oxygen atoms in total. The van der Waals surface area contributed by atoms with Gasteiger partial charge in [-0.05, 0) is 39.3 Å². The summed E-state index contributed by atoms with van der Waals surface area (Å²) in [4.78, 5) is 11.7. The first-order valence-corrected chi connectivity index (χ1v) is 7.45. The van der Waals surface area contributed by atoms with Gasteiger partial charge in [-0.15, -0.1) is 0 Å². The summed E-state index contributed by atoms with van der Waals surface area (Å²) in [6, 6.07) is 6.11. The van der Waals surface area contributed by atoms with Crippen molar-refractivity contribution in [3.8, 4) is 0 Å². The Morgan fingerprint density at radius 1 is 1.45 bits per heavy atom. The maximum Gasteiger partial charge on any atom is 0.407 e. The van der Waals surface area contributed by atoms with Crippen LogP contribution in [0.2, 0.25) is 0 Å². The molecule has 112 valence electrons. The number of hydrogen-bond donors (Lipinski definition) is 2. The third-order valence-electron chi connectivity index (χ3n) is 2.77. The van der Waals surface area contributed by atoms with E-state index in [0.717, 1.165) is 10.0 Å². The molecule has 0 aliphatic carbocycles. The minimum atomic E-state index is -0.494. The second kappa shape index (κ2) is 7.09. The molecule has 0 heterocycles. The molecule has 1 rings (SSSR count). The van der Waals surface area contributed by atoms with Gasteiger partial charge in [0.2, 0.25) is 0 Å². The number of benzene rings is 1. The Morgan fingerprint density at radius 2 is 2.10 bits per heavy atom. The minimum absolute atomic E-state index is 0.0526. The second-order valence-corrected chi connectivity index (χ2v) is 6.69. The molecule has 0 saturated carbocycles. The zero-order valence-corrected chi connectivity index (χ0v) is 14.1. The molecule has 0 aliphatic heterocycles. The standard InChI is InChI=1S/C15H23BrN2O2/c1-10-5-6-13(16)12(7-10)11(8-17)9-18-14(19)20-15(2,3)4/h5-7,11H,8-9,17H2,1-4H3,(H,18,19). The molecule has 1 aromatic rings. The quantitative estimate of drug-likeness (QED) is 0.881.